The number of hydrogen-bond acceptors (Lipinski definition) is 4. The maximum absolute atomic E-state index is 11.9. The van der Waals surface area contributed by atoms with Gasteiger partial charge in [-0.05, 0) is 20.3 Å². The molecule has 98 valence electrons. The molecule has 0 radical (unpaired) electrons. The lowest BCUT2D eigenvalue weighted by molar-refractivity contribution is 0.276. The molecule has 1 aromatic heterocycles. The minimum atomic E-state index is -3.59. The normalized spacial score (nSPS) is 12.1. The Morgan fingerprint density at radius 3 is 2.59 bits per heavy atom. The van der Waals surface area contributed by atoms with Gasteiger partial charge in [-0.1, -0.05) is 0 Å². The lowest BCUT2D eigenvalue weighted by Crippen LogP contribution is -2.33. The van der Waals surface area contributed by atoms with Crippen molar-refractivity contribution in [2.24, 2.45) is 0 Å². The van der Waals surface area contributed by atoms with Gasteiger partial charge in [-0.25, -0.2) is 0 Å². The van der Waals surface area contributed by atoms with Gasteiger partial charge in [0.1, 0.15) is 0 Å². The van der Waals surface area contributed by atoms with E-state index in [2.05, 4.69) is 14.9 Å². The molecule has 1 aromatic rings. The third-order valence-corrected chi connectivity index (χ3v) is 3.87. The van der Waals surface area contributed by atoms with Crippen molar-refractivity contribution in [1.82, 2.24) is 14.5 Å². The van der Waals surface area contributed by atoms with Crippen LogP contribution in [0.15, 0.2) is 0 Å². The van der Waals surface area contributed by atoms with Gasteiger partial charge in [0.25, 0.3) is 0 Å². The lowest BCUT2D eigenvalue weighted by Gasteiger charge is -2.17. The zero-order chi connectivity index (χ0) is 13.1. The van der Waals surface area contributed by atoms with Gasteiger partial charge in [0.2, 0.25) is 0 Å². The van der Waals surface area contributed by atoms with E-state index in [9.17, 15) is 8.42 Å². The smallest absolute Gasteiger partial charge is 0.301 e. The minimum Gasteiger partial charge on any atom is -0.396 e. The molecular weight excluding hydrogens is 244 g/mol. The van der Waals surface area contributed by atoms with Gasteiger partial charge < -0.3 is 5.11 Å². The molecule has 0 bridgehead atoms. The fourth-order valence-electron chi connectivity index (χ4n) is 1.32. The van der Waals surface area contributed by atoms with E-state index in [0.29, 0.717) is 23.5 Å². The predicted octanol–water partition coefficient (Wildman–Crippen LogP) is -0.00256. The van der Waals surface area contributed by atoms with Crippen molar-refractivity contribution in [3.63, 3.8) is 0 Å². The van der Waals surface area contributed by atoms with Gasteiger partial charge in [0.15, 0.2) is 0 Å². The van der Waals surface area contributed by atoms with Crippen LogP contribution in [0.3, 0.4) is 0 Å². The van der Waals surface area contributed by atoms with E-state index in [-0.39, 0.29) is 13.2 Å². The highest BCUT2D eigenvalue weighted by molar-refractivity contribution is 7.90. The average Bonchev–Trinajstić information content (AvgIpc) is 2.57. The van der Waals surface area contributed by atoms with E-state index in [1.54, 1.807) is 13.8 Å². The summed E-state index contributed by atoms with van der Waals surface area (Å²) in [5.74, 6) is 0. The monoisotopic (exact) mass is 262 g/mol. The first-order chi connectivity index (χ1) is 7.88. The van der Waals surface area contributed by atoms with E-state index in [1.165, 1.54) is 7.05 Å². The van der Waals surface area contributed by atoms with Crippen molar-refractivity contribution < 1.29 is 13.5 Å². The van der Waals surface area contributed by atoms with E-state index >= 15 is 0 Å². The summed E-state index contributed by atoms with van der Waals surface area (Å²) in [5, 5.41) is 15.3. The Balaban J connectivity index is 2.80. The quantitative estimate of drug-likeness (QED) is 0.672. The van der Waals surface area contributed by atoms with Crippen molar-refractivity contribution in [3.8, 4) is 0 Å². The molecule has 0 aromatic carbocycles. The van der Waals surface area contributed by atoms with Gasteiger partial charge in [-0.2, -0.15) is 17.8 Å². The minimum absolute atomic E-state index is 0.0381. The highest BCUT2D eigenvalue weighted by atomic mass is 32.2. The van der Waals surface area contributed by atoms with Crippen LogP contribution in [-0.4, -0.2) is 48.2 Å². The lowest BCUT2D eigenvalue weighted by atomic mass is 10.3. The maximum Gasteiger partial charge on any atom is 0.301 e. The maximum atomic E-state index is 11.9. The Morgan fingerprint density at radius 1 is 1.47 bits per heavy atom. The SMILES string of the molecule is Cc1n[nH]c(C)c1NS(=O)(=O)N(C)CCCO. The summed E-state index contributed by atoms with van der Waals surface area (Å²) in [6.45, 7) is 3.69. The van der Waals surface area contributed by atoms with Crippen LogP contribution < -0.4 is 4.72 Å². The van der Waals surface area contributed by atoms with Crippen molar-refractivity contribution in [3.05, 3.63) is 11.4 Å². The highest BCUT2D eigenvalue weighted by Crippen LogP contribution is 2.18. The molecule has 8 heteroatoms. The Bertz CT molecular complexity index is 449. The summed E-state index contributed by atoms with van der Waals surface area (Å²) in [6.07, 6.45) is 0.404. The largest absolute Gasteiger partial charge is 0.396 e. The second-order valence-corrected chi connectivity index (χ2v) is 5.59. The molecule has 0 unspecified atom stereocenters. The van der Waals surface area contributed by atoms with Gasteiger partial charge in [-0.15, -0.1) is 0 Å². The Labute approximate surface area is 101 Å². The van der Waals surface area contributed by atoms with Crippen LogP contribution in [0.4, 0.5) is 5.69 Å². The van der Waals surface area contributed by atoms with Crippen LogP contribution in [-0.2, 0) is 10.2 Å². The van der Waals surface area contributed by atoms with Crippen LogP contribution in [0.25, 0.3) is 0 Å². The number of aromatic nitrogens is 2. The fraction of sp³-hybridized carbons (Fsp3) is 0.667. The third kappa shape index (κ3) is 3.42. The number of H-pyrrole nitrogens is 1. The highest BCUT2D eigenvalue weighted by Gasteiger charge is 2.20. The van der Waals surface area contributed by atoms with E-state index in [0.717, 1.165) is 4.31 Å². The molecule has 0 fully saturated rings. The number of anilines is 1. The van der Waals surface area contributed by atoms with Crippen LogP contribution in [0.5, 0.6) is 0 Å². The van der Waals surface area contributed by atoms with E-state index in [4.69, 9.17) is 5.11 Å². The second-order valence-electron chi connectivity index (χ2n) is 3.81. The Kier molecular flexibility index (Phi) is 4.49. The van der Waals surface area contributed by atoms with Crippen molar-refractivity contribution >= 4 is 15.9 Å². The molecule has 0 amide bonds. The number of aliphatic hydroxyl groups is 1. The zero-order valence-electron chi connectivity index (χ0n) is 10.2. The van der Waals surface area contributed by atoms with Crippen LogP contribution >= 0.6 is 0 Å². The van der Waals surface area contributed by atoms with Crippen LogP contribution in [0.1, 0.15) is 17.8 Å². The van der Waals surface area contributed by atoms with Crippen LogP contribution in [0, 0.1) is 13.8 Å². The molecule has 0 atom stereocenters. The molecule has 0 spiro atoms. The summed E-state index contributed by atoms with van der Waals surface area (Å²) in [7, 11) is -2.13. The third-order valence-electron chi connectivity index (χ3n) is 2.40. The second kappa shape index (κ2) is 5.48. The summed E-state index contributed by atoms with van der Waals surface area (Å²) in [5.41, 5.74) is 1.74. The van der Waals surface area contributed by atoms with Gasteiger partial charge in [0, 0.05) is 20.2 Å². The van der Waals surface area contributed by atoms with Crippen molar-refractivity contribution in [2.75, 3.05) is 24.9 Å². The van der Waals surface area contributed by atoms with Gasteiger partial charge in [0.05, 0.1) is 17.1 Å². The molecule has 0 aliphatic rings. The topological polar surface area (TPSA) is 98.3 Å². The molecule has 1 rings (SSSR count). The molecule has 7 nitrogen and oxygen atoms in total. The molecule has 0 saturated heterocycles. The first-order valence-corrected chi connectivity index (χ1v) is 6.69. The number of aryl methyl sites for hydroxylation is 2. The predicted molar refractivity (Wildman–Crippen MR) is 64.9 cm³/mol. The van der Waals surface area contributed by atoms with Crippen LogP contribution in [0.2, 0.25) is 0 Å². The zero-order valence-corrected chi connectivity index (χ0v) is 11.0. The van der Waals surface area contributed by atoms with E-state index < -0.39 is 10.2 Å². The molecule has 0 aliphatic carbocycles. The average molecular weight is 262 g/mol. The Morgan fingerprint density at radius 2 is 2.12 bits per heavy atom. The number of hydrogen-bond donors (Lipinski definition) is 3. The number of aliphatic hydroxyl groups excluding tert-OH is 1. The molecular formula is C9H18N4O3S. The summed E-state index contributed by atoms with van der Waals surface area (Å²) < 4.78 is 27.4. The number of nitrogens with one attached hydrogen (secondary N) is 2. The number of rotatable bonds is 6. The summed E-state index contributed by atoms with van der Waals surface area (Å²) >= 11 is 0. The first-order valence-electron chi connectivity index (χ1n) is 5.25. The standard InChI is InChI=1S/C9H18N4O3S/c1-7-9(8(2)11-10-7)12-17(15,16)13(3)5-4-6-14/h12,14H,4-6H2,1-3H3,(H,10,11). The summed E-state index contributed by atoms with van der Waals surface area (Å²) in [4.78, 5) is 0. The molecule has 3 N–H and O–H groups in total. The Hall–Kier alpha value is -1.12. The molecule has 1 heterocycles. The molecule has 17 heavy (non-hydrogen) atoms. The first kappa shape index (κ1) is 13.9. The van der Waals surface area contributed by atoms with Gasteiger partial charge >= 0.3 is 10.2 Å². The molecule has 0 aliphatic heterocycles. The van der Waals surface area contributed by atoms with Crippen molar-refractivity contribution in [2.45, 2.75) is 20.3 Å². The summed E-state index contributed by atoms with van der Waals surface area (Å²) in [6, 6.07) is 0. The van der Waals surface area contributed by atoms with Gasteiger partial charge in [-0.3, -0.25) is 9.82 Å². The number of aromatic amines is 1. The number of nitrogens with zero attached hydrogens (tertiary/aromatic N) is 2. The van der Waals surface area contributed by atoms with E-state index in [1.807, 2.05) is 0 Å². The fourth-order valence-corrected chi connectivity index (χ4v) is 2.41. The van der Waals surface area contributed by atoms with Crippen molar-refractivity contribution in [1.29, 1.82) is 0 Å². The molecule has 0 saturated carbocycles.